The van der Waals surface area contributed by atoms with E-state index in [1.165, 1.54) is 18.3 Å². The van der Waals surface area contributed by atoms with E-state index < -0.39 is 17.6 Å². The van der Waals surface area contributed by atoms with Crippen LogP contribution in [0.5, 0.6) is 0 Å². The molecule has 42 heavy (non-hydrogen) atoms. The molecule has 4 heterocycles. The van der Waals surface area contributed by atoms with E-state index in [2.05, 4.69) is 43.9 Å². The van der Waals surface area contributed by atoms with Gasteiger partial charge in [-0.05, 0) is 36.4 Å². The molecule has 1 amide bonds. The van der Waals surface area contributed by atoms with Gasteiger partial charge in [0.05, 0.1) is 11.1 Å². The maximum absolute atomic E-state index is 13.9. The van der Waals surface area contributed by atoms with Crippen molar-refractivity contribution in [2.24, 2.45) is 0 Å². The van der Waals surface area contributed by atoms with Crippen molar-refractivity contribution in [2.75, 3.05) is 38.0 Å². The number of amides is 1. The number of aromatic nitrogens is 4. The summed E-state index contributed by atoms with van der Waals surface area (Å²) in [7, 11) is 0. The summed E-state index contributed by atoms with van der Waals surface area (Å²) in [5, 5.41) is 9.47. The number of imidazole rings is 1. The number of likely N-dealkylation sites (N-methyl/N-ethyl adjacent to an activating group) is 1. The Labute approximate surface area is 239 Å². The minimum Gasteiger partial charge on any atom is -0.483 e. The van der Waals surface area contributed by atoms with Crippen LogP contribution in [-0.2, 0) is 17.5 Å². The van der Waals surface area contributed by atoms with Crippen molar-refractivity contribution >= 4 is 24.0 Å². The average Bonchev–Trinajstić information content (AvgIpc) is 3.45. The molecule has 1 fully saturated rings. The molecule has 0 spiro atoms. The standard InChI is InChI=1S/C28H26F3N7O.CH2O2/c1-2-36-11-13-37(14-12-36)19-23-6-5-22(16-24(23)28(29,30)31)26(39)35-25-15-20(7-8-32-25)3-4-21-17-34-27-33-9-10-38(27)18-21;2-1-3/h5-10,15-18H,2,11-14,19H2,1H3,(H,32,35,39);1H,(H,2,3). The molecule has 1 aliphatic heterocycles. The van der Waals surface area contributed by atoms with Crippen molar-refractivity contribution in [3.05, 3.63) is 89.1 Å². The van der Waals surface area contributed by atoms with E-state index in [1.807, 2.05) is 4.90 Å². The minimum absolute atomic E-state index is 0.0973. The number of nitrogens with zero attached hydrogens (tertiary/aromatic N) is 6. The Bertz CT molecular complexity index is 1600. The Kier molecular flexibility index (Phi) is 9.85. The molecular formula is C29H28F3N7O3. The van der Waals surface area contributed by atoms with Crippen molar-refractivity contribution in [3.63, 3.8) is 0 Å². The van der Waals surface area contributed by atoms with Gasteiger partial charge in [-0.15, -0.1) is 0 Å². The third kappa shape index (κ3) is 7.90. The van der Waals surface area contributed by atoms with Crippen molar-refractivity contribution in [1.82, 2.24) is 29.2 Å². The van der Waals surface area contributed by atoms with Gasteiger partial charge in [-0.2, -0.15) is 13.2 Å². The number of carboxylic acid groups (broad SMARTS) is 1. The topological polar surface area (TPSA) is 116 Å². The van der Waals surface area contributed by atoms with Gasteiger partial charge in [0, 0.05) is 74.8 Å². The first-order valence-corrected chi connectivity index (χ1v) is 13.0. The third-order valence-electron chi connectivity index (χ3n) is 6.58. The summed E-state index contributed by atoms with van der Waals surface area (Å²) in [6, 6.07) is 6.96. The molecule has 0 radical (unpaired) electrons. The van der Waals surface area contributed by atoms with Crippen LogP contribution >= 0.6 is 0 Å². The van der Waals surface area contributed by atoms with E-state index in [-0.39, 0.29) is 30.0 Å². The summed E-state index contributed by atoms with van der Waals surface area (Å²) in [5.74, 6) is 6.03. The molecular weight excluding hydrogens is 551 g/mol. The molecule has 5 rings (SSSR count). The summed E-state index contributed by atoms with van der Waals surface area (Å²) in [4.78, 5) is 37.9. The smallest absolute Gasteiger partial charge is 0.416 e. The number of hydrogen-bond acceptors (Lipinski definition) is 7. The summed E-state index contributed by atoms with van der Waals surface area (Å²) < 4.78 is 43.6. The number of fused-ring (bicyclic) bond motifs is 1. The SMILES string of the molecule is CCN1CCN(Cc2ccc(C(=O)Nc3cc(C#Cc4cnc5nccn5c4)ccn3)cc2C(F)(F)F)CC1.O=CO. The van der Waals surface area contributed by atoms with Gasteiger partial charge in [0.15, 0.2) is 0 Å². The van der Waals surface area contributed by atoms with Crippen LogP contribution in [0.3, 0.4) is 0 Å². The van der Waals surface area contributed by atoms with Crippen molar-refractivity contribution < 1.29 is 27.9 Å². The van der Waals surface area contributed by atoms with E-state index in [1.54, 1.807) is 41.3 Å². The second-order valence-corrected chi connectivity index (χ2v) is 9.30. The summed E-state index contributed by atoms with van der Waals surface area (Å²) in [6.07, 6.45) is 3.68. The molecule has 10 nitrogen and oxygen atoms in total. The summed E-state index contributed by atoms with van der Waals surface area (Å²) in [6.45, 7) is 5.98. The Morgan fingerprint density at radius 1 is 1.02 bits per heavy atom. The molecule has 13 heteroatoms. The highest BCUT2D eigenvalue weighted by molar-refractivity contribution is 6.04. The van der Waals surface area contributed by atoms with Gasteiger partial charge in [-0.1, -0.05) is 24.8 Å². The largest absolute Gasteiger partial charge is 0.483 e. The molecule has 1 aromatic carbocycles. The normalized spacial score (nSPS) is 13.9. The Morgan fingerprint density at radius 3 is 2.45 bits per heavy atom. The molecule has 218 valence electrons. The highest BCUT2D eigenvalue weighted by atomic mass is 19.4. The number of nitrogens with one attached hydrogen (secondary N) is 1. The first kappa shape index (κ1) is 30.2. The zero-order chi connectivity index (χ0) is 30.1. The average molecular weight is 580 g/mol. The predicted molar refractivity (Wildman–Crippen MR) is 149 cm³/mol. The molecule has 0 unspecified atom stereocenters. The first-order valence-electron chi connectivity index (χ1n) is 13.0. The molecule has 2 N–H and O–H groups in total. The molecule has 0 aliphatic carbocycles. The van der Waals surface area contributed by atoms with Crippen LogP contribution < -0.4 is 5.32 Å². The number of carbonyl (C=O) groups excluding carboxylic acids is 1. The number of piperazine rings is 1. The van der Waals surface area contributed by atoms with Crippen LogP contribution in [0.15, 0.2) is 61.3 Å². The van der Waals surface area contributed by atoms with Crippen molar-refractivity contribution in [3.8, 4) is 11.8 Å². The molecule has 1 saturated heterocycles. The van der Waals surface area contributed by atoms with Gasteiger partial charge < -0.3 is 15.3 Å². The molecule has 3 aromatic heterocycles. The number of pyridine rings is 1. The van der Waals surface area contributed by atoms with Gasteiger partial charge in [-0.25, -0.2) is 15.0 Å². The van der Waals surface area contributed by atoms with Crippen LogP contribution in [-0.4, -0.2) is 79.4 Å². The number of anilines is 1. The summed E-state index contributed by atoms with van der Waals surface area (Å²) in [5.41, 5.74) is 0.488. The molecule has 4 aromatic rings. The van der Waals surface area contributed by atoms with Gasteiger partial charge in [-0.3, -0.25) is 18.9 Å². The van der Waals surface area contributed by atoms with Crippen LogP contribution in [0.25, 0.3) is 5.78 Å². The Hall–Kier alpha value is -4.80. The van der Waals surface area contributed by atoms with E-state index in [0.717, 1.165) is 25.7 Å². The Balaban J connectivity index is 0.00000129. The number of halogens is 3. The van der Waals surface area contributed by atoms with Crippen LogP contribution in [0.4, 0.5) is 19.0 Å². The lowest BCUT2D eigenvalue weighted by atomic mass is 10.0. The lowest BCUT2D eigenvalue weighted by Gasteiger charge is -2.34. The number of benzene rings is 1. The van der Waals surface area contributed by atoms with E-state index in [9.17, 15) is 18.0 Å². The zero-order valence-corrected chi connectivity index (χ0v) is 22.7. The van der Waals surface area contributed by atoms with Gasteiger partial charge in [0.2, 0.25) is 5.78 Å². The quantitative estimate of drug-likeness (QED) is 0.272. The highest BCUT2D eigenvalue weighted by Gasteiger charge is 2.34. The summed E-state index contributed by atoms with van der Waals surface area (Å²) >= 11 is 0. The number of hydrogen-bond donors (Lipinski definition) is 2. The Morgan fingerprint density at radius 2 is 1.74 bits per heavy atom. The maximum atomic E-state index is 13.9. The minimum atomic E-state index is -4.58. The maximum Gasteiger partial charge on any atom is 0.416 e. The highest BCUT2D eigenvalue weighted by Crippen LogP contribution is 2.33. The van der Waals surface area contributed by atoms with E-state index >= 15 is 0 Å². The fraction of sp³-hybridized carbons (Fsp3) is 0.276. The molecule has 0 bridgehead atoms. The van der Waals surface area contributed by atoms with Gasteiger partial charge >= 0.3 is 6.18 Å². The number of carbonyl (C=O) groups is 2. The van der Waals surface area contributed by atoms with Crippen LogP contribution in [0.1, 0.15) is 39.5 Å². The fourth-order valence-corrected chi connectivity index (χ4v) is 4.41. The number of alkyl halides is 3. The monoisotopic (exact) mass is 579 g/mol. The van der Waals surface area contributed by atoms with Crippen LogP contribution in [0, 0.1) is 11.8 Å². The molecule has 0 saturated carbocycles. The first-order chi connectivity index (χ1) is 20.2. The number of rotatable bonds is 5. The fourth-order valence-electron chi connectivity index (χ4n) is 4.41. The van der Waals surface area contributed by atoms with E-state index in [4.69, 9.17) is 9.90 Å². The van der Waals surface area contributed by atoms with Crippen LogP contribution in [0.2, 0.25) is 0 Å². The predicted octanol–water partition coefficient (Wildman–Crippen LogP) is 3.63. The second-order valence-electron chi connectivity index (χ2n) is 9.30. The van der Waals surface area contributed by atoms with Gasteiger partial charge in [0.25, 0.3) is 12.4 Å². The van der Waals surface area contributed by atoms with Crippen molar-refractivity contribution in [2.45, 2.75) is 19.6 Å². The second kappa shape index (κ2) is 13.7. The molecule has 0 atom stereocenters. The van der Waals surface area contributed by atoms with Crippen molar-refractivity contribution in [1.29, 1.82) is 0 Å². The van der Waals surface area contributed by atoms with E-state index in [0.29, 0.717) is 30.0 Å². The lowest BCUT2D eigenvalue weighted by Crippen LogP contribution is -2.45. The zero-order valence-electron chi connectivity index (χ0n) is 22.7. The lowest BCUT2D eigenvalue weighted by molar-refractivity contribution is -0.138. The third-order valence-corrected chi connectivity index (χ3v) is 6.58. The molecule has 1 aliphatic rings. The van der Waals surface area contributed by atoms with Gasteiger partial charge in [0.1, 0.15) is 5.82 Å².